The monoisotopic (exact) mass is 411 g/mol. The summed E-state index contributed by atoms with van der Waals surface area (Å²) in [6, 6.07) is 9.55. The minimum atomic E-state index is -0.0712. The maximum Gasteiger partial charge on any atom is 0.269 e. The van der Waals surface area contributed by atoms with Crippen molar-refractivity contribution >= 4 is 16.8 Å². The number of methoxy groups -OCH3 is 1. The molecule has 0 aliphatic carbocycles. The number of aromatic nitrogens is 3. The number of fused-ring (bicyclic) bond motifs is 1. The Bertz CT molecular complexity index is 1010. The normalized spacial score (nSPS) is 18.6. The molecule has 0 bridgehead atoms. The molecular weight excluding hydrogens is 382 g/mol. The Kier molecular flexibility index (Phi) is 6.15. The van der Waals surface area contributed by atoms with Gasteiger partial charge in [0.05, 0.1) is 30.6 Å². The summed E-state index contributed by atoms with van der Waals surface area (Å²) in [6.45, 7) is 5.11. The zero-order chi connectivity index (χ0) is 21.1. The smallest absolute Gasteiger partial charge is 0.269 e. The number of ether oxygens (including phenoxy) is 1. The molecule has 1 aliphatic heterocycles. The molecule has 8 nitrogen and oxygen atoms in total. The molecule has 0 amide bonds. The molecule has 4 rings (SSSR count). The molecule has 3 aromatic rings. The van der Waals surface area contributed by atoms with Crippen LogP contribution in [-0.2, 0) is 4.74 Å². The summed E-state index contributed by atoms with van der Waals surface area (Å²) in [6.07, 6.45) is 3.70. The Morgan fingerprint density at radius 1 is 1.37 bits per heavy atom. The number of para-hydroxylation sites is 2. The van der Waals surface area contributed by atoms with E-state index < -0.39 is 0 Å². The van der Waals surface area contributed by atoms with Crippen molar-refractivity contribution in [2.75, 3.05) is 45.3 Å². The number of piperidine rings is 1. The quantitative estimate of drug-likeness (QED) is 0.592. The third kappa shape index (κ3) is 4.24. The molecule has 0 radical (unpaired) electrons. The van der Waals surface area contributed by atoms with Crippen LogP contribution in [0.15, 0.2) is 45.7 Å². The van der Waals surface area contributed by atoms with Gasteiger partial charge in [0.1, 0.15) is 5.52 Å². The minimum absolute atomic E-state index is 0.0374. The van der Waals surface area contributed by atoms with Crippen molar-refractivity contribution in [2.24, 2.45) is 0 Å². The second-order valence-corrected chi connectivity index (χ2v) is 7.90. The molecule has 2 aromatic heterocycles. The summed E-state index contributed by atoms with van der Waals surface area (Å²) in [5.41, 5.74) is 2.41. The van der Waals surface area contributed by atoms with Crippen LogP contribution in [-0.4, -0.2) is 60.1 Å². The van der Waals surface area contributed by atoms with Crippen molar-refractivity contribution in [1.82, 2.24) is 19.7 Å². The molecule has 0 saturated carbocycles. The van der Waals surface area contributed by atoms with Crippen LogP contribution in [0.5, 0.6) is 0 Å². The van der Waals surface area contributed by atoms with Crippen molar-refractivity contribution in [2.45, 2.75) is 31.8 Å². The van der Waals surface area contributed by atoms with Crippen molar-refractivity contribution in [3.05, 3.63) is 52.8 Å². The van der Waals surface area contributed by atoms with E-state index >= 15 is 0 Å². The summed E-state index contributed by atoms with van der Waals surface area (Å²) in [4.78, 5) is 21.7. The number of hydrogen-bond donors (Lipinski definition) is 0. The van der Waals surface area contributed by atoms with Gasteiger partial charge in [-0.15, -0.1) is 0 Å². The minimum Gasteiger partial charge on any atom is -0.439 e. The van der Waals surface area contributed by atoms with Gasteiger partial charge in [0.15, 0.2) is 5.58 Å². The number of hydrogen-bond acceptors (Lipinski definition) is 7. The predicted molar refractivity (Wildman–Crippen MR) is 116 cm³/mol. The average molecular weight is 412 g/mol. The number of likely N-dealkylation sites (tertiary alicyclic amines) is 1. The van der Waals surface area contributed by atoms with E-state index in [0.29, 0.717) is 19.0 Å². The molecule has 0 N–H and O–H groups in total. The summed E-state index contributed by atoms with van der Waals surface area (Å²) in [5.74, 6) is 0.715. The molecule has 1 aliphatic rings. The molecular formula is C22H29N5O3. The Balaban J connectivity index is 1.48. The molecule has 1 aromatic carbocycles. The fraction of sp³-hybridized carbons (Fsp3) is 0.500. The number of likely N-dealkylation sites (N-methyl/N-ethyl adjacent to an activating group) is 1. The first-order valence-electron chi connectivity index (χ1n) is 10.5. The second-order valence-electron chi connectivity index (χ2n) is 7.90. The molecule has 0 unspecified atom stereocenters. The Labute approximate surface area is 176 Å². The van der Waals surface area contributed by atoms with Crippen molar-refractivity contribution in [3.8, 4) is 0 Å². The zero-order valence-corrected chi connectivity index (χ0v) is 17.8. The van der Waals surface area contributed by atoms with Gasteiger partial charge in [-0.25, -0.2) is 9.67 Å². The lowest BCUT2D eigenvalue weighted by Crippen LogP contribution is -2.42. The summed E-state index contributed by atoms with van der Waals surface area (Å²) < 4.78 is 12.7. The Morgan fingerprint density at radius 2 is 2.20 bits per heavy atom. The van der Waals surface area contributed by atoms with Gasteiger partial charge < -0.3 is 14.1 Å². The van der Waals surface area contributed by atoms with Gasteiger partial charge in [-0.2, -0.15) is 5.10 Å². The van der Waals surface area contributed by atoms with Gasteiger partial charge in [-0.05, 0) is 38.4 Å². The fourth-order valence-electron chi connectivity index (χ4n) is 4.01. The number of benzene rings is 1. The lowest BCUT2D eigenvalue weighted by atomic mass is 10.0. The van der Waals surface area contributed by atoms with Crippen LogP contribution in [0.4, 0.5) is 5.69 Å². The first kappa shape index (κ1) is 20.6. The first-order valence-corrected chi connectivity index (χ1v) is 10.5. The van der Waals surface area contributed by atoms with Crippen LogP contribution in [0.3, 0.4) is 0 Å². The van der Waals surface area contributed by atoms with E-state index in [1.165, 1.54) is 0 Å². The topological polar surface area (TPSA) is 76.6 Å². The third-order valence-corrected chi connectivity index (χ3v) is 5.87. The van der Waals surface area contributed by atoms with Crippen molar-refractivity contribution < 1.29 is 9.15 Å². The highest BCUT2D eigenvalue weighted by Crippen LogP contribution is 2.29. The molecule has 8 heteroatoms. The van der Waals surface area contributed by atoms with Gasteiger partial charge in [-0.3, -0.25) is 9.69 Å². The second kappa shape index (κ2) is 8.97. The number of anilines is 1. The maximum absolute atomic E-state index is 12.8. The zero-order valence-electron chi connectivity index (χ0n) is 17.8. The van der Waals surface area contributed by atoms with Crippen LogP contribution >= 0.6 is 0 Å². The number of oxazole rings is 1. The van der Waals surface area contributed by atoms with Crippen LogP contribution in [0.1, 0.15) is 37.7 Å². The summed E-state index contributed by atoms with van der Waals surface area (Å²) in [7, 11) is 3.60. The van der Waals surface area contributed by atoms with Crippen LogP contribution in [0.2, 0.25) is 0 Å². The van der Waals surface area contributed by atoms with Crippen LogP contribution in [0, 0.1) is 0 Å². The van der Waals surface area contributed by atoms with E-state index in [4.69, 9.17) is 9.15 Å². The SMILES string of the molecule is COCCN(C)c1cnn([C@H]2CCCN([C@H](C)c3nc4ccccc4o3)C2)c(=O)c1. The number of nitrogens with zero attached hydrogens (tertiary/aromatic N) is 5. The molecule has 3 heterocycles. The lowest BCUT2D eigenvalue weighted by Gasteiger charge is -2.35. The maximum atomic E-state index is 12.8. The first-order chi connectivity index (χ1) is 14.6. The van der Waals surface area contributed by atoms with Gasteiger partial charge >= 0.3 is 0 Å². The molecule has 1 saturated heterocycles. The largest absolute Gasteiger partial charge is 0.439 e. The highest BCUT2D eigenvalue weighted by molar-refractivity contribution is 5.72. The molecule has 1 fully saturated rings. The summed E-state index contributed by atoms with van der Waals surface area (Å²) in [5, 5.41) is 4.49. The highest BCUT2D eigenvalue weighted by atomic mass is 16.5. The third-order valence-electron chi connectivity index (χ3n) is 5.87. The van der Waals surface area contributed by atoms with E-state index in [1.807, 2.05) is 36.2 Å². The standard InChI is InChI=1S/C22H29N5O3/c1-16(22-24-19-8-4-5-9-20(19)30-22)26-10-6-7-17(15-26)27-21(28)13-18(14-23-27)25(2)11-12-29-3/h4-5,8-9,13-14,16-17H,6-7,10-12,15H2,1-3H3/t16-,17+/m1/s1. The van der Waals surface area contributed by atoms with Crippen molar-refractivity contribution in [3.63, 3.8) is 0 Å². The van der Waals surface area contributed by atoms with Crippen molar-refractivity contribution in [1.29, 1.82) is 0 Å². The van der Waals surface area contributed by atoms with Gasteiger partial charge in [0.2, 0.25) is 5.89 Å². The van der Waals surface area contributed by atoms with Gasteiger partial charge in [-0.1, -0.05) is 12.1 Å². The van der Waals surface area contributed by atoms with E-state index in [9.17, 15) is 4.79 Å². The average Bonchev–Trinajstić information content (AvgIpc) is 3.21. The fourth-order valence-corrected chi connectivity index (χ4v) is 4.01. The molecule has 30 heavy (non-hydrogen) atoms. The van der Waals surface area contributed by atoms with E-state index in [-0.39, 0.29) is 17.6 Å². The summed E-state index contributed by atoms with van der Waals surface area (Å²) >= 11 is 0. The van der Waals surface area contributed by atoms with Gasteiger partial charge in [0.25, 0.3) is 5.56 Å². The Hall–Kier alpha value is -2.71. The highest BCUT2D eigenvalue weighted by Gasteiger charge is 2.29. The van der Waals surface area contributed by atoms with E-state index in [2.05, 4.69) is 21.9 Å². The predicted octanol–water partition coefficient (Wildman–Crippen LogP) is 2.87. The molecule has 0 spiro atoms. The van der Waals surface area contributed by atoms with E-state index in [0.717, 1.165) is 42.7 Å². The Morgan fingerprint density at radius 3 is 2.97 bits per heavy atom. The van der Waals surface area contributed by atoms with E-state index in [1.54, 1.807) is 24.1 Å². The number of rotatable bonds is 7. The van der Waals surface area contributed by atoms with Crippen LogP contribution < -0.4 is 10.5 Å². The molecule has 160 valence electrons. The lowest BCUT2D eigenvalue weighted by molar-refractivity contribution is 0.113. The van der Waals surface area contributed by atoms with Gasteiger partial charge in [0, 0.05) is 33.3 Å². The van der Waals surface area contributed by atoms with Crippen LogP contribution in [0.25, 0.3) is 11.1 Å². The molecule has 2 atom stereocenters.